The van der Waals surface area contributed by atoms with Gasteiger partial charge in [0.1, 0.15) is 19.3 Å². The highest BCUT2D eigenvalue weighted by atomic mass is 32.2. The quantitative estimate of drug-likeness (QED) is 0.178. The molecule has 0 saturated heterocycles. The molecular formula is C37H50N4O7S. The first-order valence-corrected chi connectivity index (χ1v) is 18.1. The minimum atomic E-state index is -4.08. The fraction of sp³-hybridized carbons (Fsp3) is 0.459. The lowest BCUT2D eigenvalue weighted by molar-refractivity contribution is -0.132. The van der Waals surface area contributed by atoms with Crippen molar-refractivity contribution in [3.05, 3.63) is 90.0 Å². The van der Waals surface area contributed by atoms with Crippen LogP contribution in [0.1, 0.15) is 45.7 Å². The number of benzene rings is 3. The minimum Gasteiger partial charge on any atom is -0.486 e. The summed E-state index contributed by atoms with van der Waals surface area (Å²) in [5.74, 6) is -0.0676. The second-order valence-corrected chi connectivity index (χ2v) is 15.8. The molecule has 0 fully saturated rings. The number of carbonyl (C=O) groups is 2. The van der Waals surface area contributed by atoms with E-state index < -0.39 is 39.5 Å². The van der Waals surface area contributed by atoms with E-state index in [1.165, 1.54) is 16.4 Å². The second-order valence-electron chi connectivity index (χ2n) is 13.8. The van der Waals surface area contributed by atoms with Crippen LogP contribution in [-0.2, 0) is 32.6 Å². The number of amides is 2. The van der Waals surface area contributed by atoms with Crippen molar-refractivity contribution in [2.45, 2.75) is 70.7 Å². The van der Waals surface area contributed by atoms with Gasteiger partial charge in [0.2, 0.25) is 21.8 Å². The average molecular weight is 695 g/mol. The van der Waals surface area contributed by atoms with Crippen molar-refractivity contribution in [1.29, 1.82) is 0 Å². The number of aliphatic hydroxyl groups excluding tert-OH is 1. The normalized spacial score (nSPS) is 15.0. The van der Waals surface area contributed by atoms with Gasteiger partial charge < -0.3 is 30.5 Å². The maximum Gasteiger partial charge on any atom is 0.243 e. The van der Waals surface area contributed by atoms with Crippen molar-refractivity contribution in [3.8, 4) is 11.5 Å². The molecule has 1 aliphatic heterocycles. The molecule has 12 heteroatoms. The molecule has 1 heterocycles. The zero-order valence-electron chi connectivity index (χ0n) is 29.0. The van der Waals surface area contributed by atoms with Gasteiger partial charge in [-0.15, -0.1) is 0 Å². The number of hydrogen-bond acceptors (Lipinski definition) is 8. The third kappa shape index (κ3) is 11.0. The lowest BCUT2D eigenvalue weighted by atomic mass is 9.85. The number of ether oxygens (including phenoxy) is 2. The van der Waals surface area contributed by atoms with Crippen molar-refractivity contribution < 1.29 is 32.6 Å². The van der Waals surface area contributed by atoms with E-state index in [-0.39, 0.29) is 42.8 Å². The topological polar surface area (TPSA) is 146 Å². The summed E-state index contributed by atoms with van der Waals surface area (Å²) in [4.78, 5) is 26.9. The van der Waals surface area contributed by atoms with E-state index in [1.807, 2.05) is 95.3 Å². The van der Waals surface area contributed by atoms with Crippen LogP contribution in [0.25, 0.3) is 0 Å². The van der Waals surface area contributed by atoms with Crippen LogP contribution in [0.2, 0.25) is 0 Å². The summed E-state index contributed by atoms with van der Waals surface area (Å²) in [7, 11) is -4.08. The SMILES string of the molecule is CC(C)CN(C[C@@H](O)[C@H](Cc1ccccc1)NC(=O)C(NC(=O)CNCc1ccccc1)C(C)(C)C)S(=O)(=O)c1ccc2c(c1)OCCO2. The summed E-state index contributed by atoms with van der Waals surface area (Å²) < 4.78 is 40.5. The highest BCUT2D eigenvalue weighted by molar-refractivity contribution is 7.89. The molecule has 0 aromatic heterocycles. The number of carbonyl (C=O) groups excluding carboxylic acids is 2. The molecular weight excluding hydrogens is 644 g/mol. The predicted molar refractivity (Wildman–Crippen MR) is 189 cm³/mol. The van der Waals surface area contributed by atoms with Crippen LogP contribution in [0.15, 0.2) is 83.8 Å². The molecule has 3 atom stereocenters. The Morgan fingerprint density at radius 3 is 2.08 bits per heavy atom. The lowest BCUT2D eigenvalue weighted by Crippen LogP contribution is -2.59. The van der Waals surface area contributed by atoms with Gasteiger partial charge in [0.05, 0.1) is 23.6 Å². The van der Waals surface area contributed by atoms with Gasteiger partial charge in [0.25, 0.3) is 0 Å². The number of hydrogen-bond donors (Lipinski definition) is 4. The van der Waals surface area contributed by atoms with E-state index in [9.17, 15) is 23.1 Å². The molecule has 0 bridgehead atoms. The summed E-state index contributed by atoms with van der Waals surface area (Å²) in [5.41, 5.74) is 1.20. The molecule has 2 amide bonds. The Kier molecular flexibility index (Phi) is 13.2. The molecule has 0 spiro atoms. The van der Waals surface area contributed by atoms with Crippen LogP contribution in [0.5, 0.6) is 11.5 Å². The zero-order chi connectivity index (χ0) is 35.6. The lowest BCUT2D eigenvalue weighted by Gasteiger charge is -2.34. The van der Waals surface area contributed by atoms with Crippen molar-refractivity contribution >= 4 is 21.8 Å². The van der Waals surface area contributed by atoms with Gasteiger partial charge in [-0.1, -0.05) is 95.3 Å². The van der Waals surface area contributed by atoms with Crippen LogP contribution >= 0.6 is 0 Å². The molecule has 4 N–H and O–H groups in total. The number of nitrogens with zero attached hydrogens (tertiary/aromatic N) is 1. The summed E-state index contributed by atoms with van der Waals surface area (Å²) >= 11 is 0. The summed E-state index contributed by atoms with van der Waals surface area (Å²) in [5, 5.41) is 20.7. The Morgan fingerprint density at radius 2 is 1.47 bits per heavy atom. The molecule has 0 aliphatic carbocycles. The van der Waals surface area contributed by atoms with E-state index in [2.05, 4.69) is 16.0 Å². The highest BCUT2D eigenvalue weighted by Gasteiger charge is 2.37. The molecule has 4 rings (SSSR count). The van der Waals surface area contributed by atoms with Crippen molar-refractivity contribution in [1.82, 2.24) is 20.3 Å². The molecule has 1 unspecified atom stereocenters. The van der Waals surface area contributed by atoms with Gasteiger partial charge in [-0.05, 0) is 41.0 Å². The van der Waals surface area contributed by atoms with Crippen LogP contribution in [0, 0.1) is 11.3 Å². The van der Waals surface area contributed by atoms with Gasteiger partial charge in [0, 0.05) is 25.7 Å². The number of sulfonamides is 1. The fourth-order valence-corrected chi connectivity index (χ4v) is 7.21. The van der Waals surface area contributed by atoms with Crippen molar-refractivity contribution in [2.24, 2.45) is 11.3 Å². The molecule has 266 valence electrons. The number of aliphatic hydroxyl groups is 1. The number of rotatable bonds is 16. The van der Waals surface area contributed by atoms with E-state index in [0.29, 0.717) is 31.3 Å². The summed E-state index contributed by atoms with van der Waals surface area (Å²) in [6.07, 6.45) is -1.06. The van der Waals surface area contributed by atoms with Crippen LogP contribution in [0.4, 0.5) is 0 Å². The van der Waals surface area contributed by atoms with Gasteiger partial charge in [0.15, 0.2) is 11.5 Å². The van der Waals surface area contributed by atoms with E-state index in [4.69, 9.17) is 9.47 Å². The first-order chi connectivity index (χ1) is 23.2. The van der Waals surface area contributed by atoms with Crippen LogP contribution in [-0.4, -0.2) is 80.7 Å². The average Bonchev–Trinajstić information content (AvgIpc) is 3.06. The van der Waals surface area contributed by atoms with E-state index >= 15 is 0 Å². The Labute approximate surface area is 290 Å². The van der Waals surface area contributed by atoms with E-state index in [1.54, 1.807) is 6.07 Å². The summed E-state index contributed by atoms with van der Waals surface area (Å²) in [6, 6.07) is 21.7. The van der Waals surface area contributed by atoms with Gasteiger partial charge in [-0.2, -0.15) is 4.31 Å². The third-order valence-electron chi connectivity index (χ3n) is 8.09. The molecule has 3 aromatic rings. The molecule has 1 aliphatic rings. The van der Waals surface area contributed by atoms with Crippen molar-refractivity contribution in [3.63, 3.8) is 0 Å². The first kappa shape index (κ1) is 37.8. The van der Waals surface area contributed by atoms with E-state index in [0.717, 1.165) is 11.1 Å². The zero-order valence-corrected chi connectivity index (χ0v) is 29.8. The third-order valence-corrected chi connectivity index (χ3v) is 9.92. The standard InChI is InChI=1S/C37H50N4O7S/c1-26(2)24-41(49(45,46)29-16-17-32-33(21-29)48-19-18-47-32)25-31(42)30(20-27-12-8-6-9-13-27)39-36(44)35(37(3,4)5)40-34(43)23-38-22-28-14-10-7-11-15-28/h6-17,21,26,30-31,35,38,42H,18-20,22-25H2,1-5H3,(H,39,44)(H,40,43)/t30-,31+,35?/m0/s1. The van der Waals surface area contributed by atoms with Gasteiger partial charge in [-0.3, -0.25) is 9.59 Å². The molecule has 11 nitrogen and oxygen atoms in total. The molecule has 49 heavy (non-hydrogen) atoms. The number of nitrogens with one attached hydrogen (secondary N) is 3. The molecule has 0 saturated carbocycles. The maximum atomic E-state index is 14.0. The Morgan fingerprint density at radius 1 is 0.857 bits per heavy atom. The highest BCUT2D eigenvalue weighted by Crippen LogP contribution is 2.33. The van der Waals surface area contributed by atoms with Crippen LogP contribution < -0.4 is 25.4 Å². The van der Waals surface area contributed by atoms with Crippen LogP contribution in [0.3, 0.4) is 0 Å². The largest absolute Gasteiger partial charge is 0.486 e. The predicted octanol–water partition coefficient (Wildman–Crippen LogP) is 3.51. The maximum absolute atomic E-state index is 14.0. The van der Waals surface area contributed by atoms with Gasteiger partial charge >= 0.3 is 0 Å². The Balaban J connectivity index is 1.53. The molecule has 0 radical (unpaired) electrons. The Bertz CT molecular complexity index is 1630. The second kappa shape index (κ2) is 17.1. The number of fused-ring (bicyclic) bond motifs is 1. The smallest absolute Gasteiger partial charge is 0.243 e. The van der Waals surface area contributed by atoms with Crippen molar-refractivity contribution in [2.75, 3.05) is 32.8 Å². The fourth-order valence-electron chi connectivity index (χ4n) is 5.57. The first-order valence-electron chi connectivity index (χ1n) is 16.7. The minimum absolute atomic E-state index is 0.00665. The monoisotopic (exact) mass is 694 g/mol. The molecule has 3 aromatic carbocycles. The van der Waals surface area contributed by atoms with Gasteiger partial charge in [-0.25, -0.2) is 8.42 Å². The summed E-state index contributed by atoms with van der Waals surface area (Å²) in [6.45, 7) is 10.4. The Hall–Kier alpha value is -3.97.